The van der Waals surface area contributed by atoms with Gasteiger partial charge in [-0.2, -0.15) is 13.2 Å². The van der Waals surface area contributed by atoms with Crippen LogP contribution in [0.4, 0.5) is 18.9 Å². The predicted molar refractivity (Wildman–Crippen MR) is 106 cm³/mol. The number of carbonyl (C=O) groups excluding carboxylic acids is 1. The molecule has 2 aromatic carbocycles. The zero-order valence-corrected chi connectivity index (χ0v) is 16.7. The second-order valence-electron chi connectivity index (χ2n) is 7.08. The summed E-state index contributed by atoms with van der Waals surface area (Å²) in [6.45, 7) is 2.21. The third kappa shape index (κ3) is 5.64. The fourth-order valence-electron chi connectivity index (χ4n) is 3.41. The van der Waals surface area contributed by atoms with Crippen LogP contribution in [-0.4, -0.2) is 31.0 Å². The zero-order chi connectivity index (χ0) is 21.0. The predicted octanol–water partition coefficient (Wildman–Crippen LogP) is 5.22. The molecule has 0 unspecified atom stereocenters. The van der Waals surface area contributed by atoms with E-state index < -0.39 is 11.7 Å². The number of nitrogens with zero attached hydrogens (tertiary/aromatic N) is 1. The number of anilines is 1. The Bertz CT molecular complexity index is 865. The largest absolute Gasteiger partial charge is 0.497 e. The molecule has 156 valence electrons. The van der Waals surface area contributed by atoms with Crippen LogP contribution in [0.2, 0.25) is 5.02 Å². The highest BCUT2D eigenvalue weighted by atomic mass is 35.5. The molecule has 1 N–H and O–H groups in total. The molecule has 0 aliphatic carbocycles. The quantitative estimate of drug-likeness (QED) is 0.712. The van der Waals surface area contributed by atoms with Gasteiger partial charge in [0.05, 0.1) is 23.4 Å². The minimum atomic E-state index is -4.49. The van der Waals surface area contributed by atoms with Crippen LogP contribution >= 0.6 is 11.6 Å². The maximum Gasteiger partial charge on any atom is 0.416 e. The Balaban J connectivity index is 1.56. The molecular formula is C21H22ClF3N2O2. The van der Waals surface area contributed by atoms with Crippen molar-refractivity contribution < 1.29 is 22.7 Å². The number of nitrogens with one attached hydrogen (secondary N) is 1. The van der Waals surface area contributed by atoms with E-state index in [-0.39, 0.29) is 22.5 Å². The first-order valence-corrected chi connectivity index (χ1v) is 9.67. The number of likely N-dealkylation sites (tertiary alicyclic amines) is 1. The van der Waals surface area contributed by atoms with Gasteiger partial charge in [-0.1, -0.05) is 23.7 Å². The van der Waals surface area contributed by atoms with Crippen LogP contribution in [0.3, 0.4) is 0 Å². The first kappa shape index (κ1) is 21.5. The van der Waals surface area contributed by atoms with Gasteiger partial charge in [-0.25, -0.2) is 0 Å². The van der Waals surface area contributed by atoms with Gasteiger partial charge in [0.25, 0.3) is 0 Å². The van der Waals surface area contributed by atoms with Crippen LogP contribution in [-0.2, 0) is 17.5 Å². The molecule has 0 aromatic heterocycles. The SMILES string of the molecule is COc1cccc(CN2CCC(C(=O)Nc3cc(C(F)(F)F)ccc3Cl)CC2)c1. The summed E-state index contributed by atoms with van der Waals surface area (Å²) in [6, 6.07) is 10.8. The van der Waals surface area contributed by atoms with Crippen LogP contribution in [0.5, 0.6) is 5.75 Å². The van der Waals surface area contributed by atoms with E-state index in [1.54, 1.807) is 7.11 Å². The molecule has 0 atom stereocenters. The lowest BCUT2D eigenvalue weighted by atomic mass is 9.95. The van der Waals surface area contributed by atoms with Gasteiger partial charge in [-0.15, -0.1) is 0 Å². The van der Waals surface area contributed by atoms with Crippen molar-refractivity contribution in [3.05, 3.63) is 58.6 Å². The summed E-state index contributed by atoms with van der Waals surface area (Å²) in [4.78, 5) is 14.8. The van der Waals surface area contributed by atoms with Crippen LogP contribution in [0, 0.1) is 5.92 Å². The molecule has 29 heavy (non-hydrogen) atoms. The number of hydrogen-bond acceptors (Lipinski definition) is 3. The Morgan fingerprint density at radius 2 is 1.93 bits per heavy atom. The van der Waals surface area contributed by atoms with E-state index in [0.717, 1.165) is 49.1 Å². The van der Waals surface area contributed by atoms with E-state index in [9.17, 15) is 18.0 Å². The maximum atomic E-state index is 12.9. The third-order valence-electron chi connectivity index (χ3n) is 5.05. The number of amides is 1. The smallest absolute Gasteiger partial charge is 0.416 e. The molecule has 1 aliphatic rings. The minimum Gasteiger partial charge on any atom is -0.497 e. The van der Waals surface area contributed by atoms with Crippen molar-refractivity contribution in [1.29, 1.82) is 0 Å². The fraction of sp³-hybridized carbons (Fsp3) is 0.381. The summed E-state index contributed by atoms with van der Waals surface area (Å²) < 4.78 is 43.9. The van der Waals surface area contributed by atoms with E-state index in [0.29, 0.717) is 12.8 Å². The molecule has 1 saturated heterocycles. The summed E-state index contributed by atoms with van der Waals surface area (Å²) in [5, 5.41) is 2.65. The van der Waals surface area contributed by atoms with E-state index in [1.165, 1.54) is 0 Å². The van der Waals surface area contributed by atoms with Gasteiger partial charge >= 0.3 is 6.18 Å². The number of hydrogen-bond donors (Lipinski definition) is 1. The lowest BCUT2D eigenvalue weighted by Gasteiger charge is -2.31. The maximum absolute atomic E-state index is 12.9. The van der Waals surface area contributed by atoms with E-state index in [1.807, 2.05) is 24.3 Å². The molecule has 1 amide bonds. The van der Waals surface area contributed by atoms with Gasteiger partial charge in [-0.05, 0) is 61.8 Å². The molecule has 0 bridgehead atoms. The van der Waals surface area contributed by atoms with E-state index >= 15 is 0 Å². The van der Waals surface area contributed by atoms with E-state index in [4.69, 9.17) is 16.3 Å². The number of piperidine rings is 1. The van der Waals surface area contributed by atoms with Crippen molar-refractivity contribution in [3.63, 3.8) is 0 Å². The standard InChI is InChI=1S/C21H22ClF3N2O2/c1-29-17-4-2-3-14(11-17)13-27-9-7-15(8-10-27)20(28)26-19-12-16(21(23,24)25)5-6-18(19)22/h2-6,11-12,15H,7-10,13H2,1H3,(H,26,28). The summed E-state index contributed by atoms with van der Waals surface area (Å²) >= 11 is 5.97. The third-order valence-corrected chi connectivity index (χ3v) is 5.38. The van der Waals surface area contributed by atoms with Crippen LogP contribution in [0.15, 0.2) is 42.5 Å². The number of methoxy groups -OCH3 is 1. The van der Waals surface area contributed by atoms with Crippen molar-refractivity contribution in [2.75, 3.05) is 25.5 Å². The summed E-state index contributed by atoms with van der Waals surface area (Å²) in [5.41, 5.74) is 0.276. The number of alkyl halides is 3. The Morgan fingerprint density at radius 3 is 2.59 bits per heavy atom. The van der Waals surface area contributed by atoms with Gasteiger partial charge in [0, 0.05) is 12.5 Å². The Labute approximate surface area is 172 Å². The monoisotopic (exact) mass is 426 g/mol. The van der Waals surface area contributed by atoms with Crippen LogP contribution < -0.4 is 10.1 Å². The van der Waals surface area contributed by atoms with E-state index in [2.05, 4.69) is 10.2 Å². The van der Waals surface area contributed by atoms with Crippen molar-refractivity contribution in [2.24, 2.45) is 5.92 Å². The van der Waals surface area contributed by atoms with Crippen molar-refractivity contribution in [1.82, 2.24) is 4.90 Å². The first-order valence-electron chi connectivity index (χ1n) is 9.29. The average Bonchev–Trinajstić information content (AvgIpc) is 2.69. The van der Waals surface area contributed by atoms with Crippen molar-refractivity contribution >= 4 is 23.2 Å². The number of ether oxygens (including phenoxy) is 1. The lowest BCUT2D eigenvalue weighted by molar-refractivity contribution is -0.137. The van der Waals surface area contributed by atoms with Gasteiger partial charge in [-0.3, -0.25) is 9.69 Å². The highest BCUT2D eigenvalue weighted by Crippen LogP contribution is 2.34. The molecular weight excluding hydrogens is 405 g/mol. The highest BCUT2D eigenvalue weighted by molar-refractivity contribution is 6.33. The topological polar surface area (TPSA) is 41.6 Å². The molecule has 0 saturated carbocycles. The molecule has 1 heterocycles. The number of benzene rings is 2. The second-order valence-corrected chi connectivity index (χ2v) is 7.49. The molecule has 0 spiro atoms. The number of rotatable bonds is 5. The Hall–Kier alpha value is -2.25. The van der Waals surface area contributed by atoms with Crippen molar-refractivity contribution in [2.45, 2.75) is 25.6 Å². The fourth-order valence-corrected chi connectivity index (χ4v) is 3.58. The summed E-state index contributed by atoms with van der Waals surface area (Å²) in [7, 11) is 1.62. The Kier molecular flexibility index (Phi) is 6.70. The van der Waals surface area contributed by atoms with Crippen molar-refractivity contribution in [3.8, 4) is 5.75 Å². The normalized spacial score (nSPS) is 15.9. The molecule has 8 heteroatoms. The lowest BCUT2D eigenvalue weighted by Crippen LogP contribution is -2.37. The molecule has 4 nitrogen and oxygen atoms in total. The molecule has 0 radical (unpaired) electrons. The number of halogens is 4. The van der Waals surface area contributed by atoms with Gasteiger partial charge in [0.2, 0.25) is 5.91 Å². The molecule has 3 rings (SSSR count). The minimum absolute atomic E-state index is 0.00898. The molecule has 1 fully saturated rings. The van der Waals surface area contributed by atoms with Crippen LogP contribution in [0.25, 0.3) is 0 Å². The molecule has 2 aromatic rings. The van der Waals surface area contributed by atoms with Gasteiger partial charge < -0.3 is 10.1 Å². The summed E-state index contributed by atoms with van der Waals surface area (Å²) in [6.07, 6.45) is -3.23. The molecule has 1 aliphatic heterocycles. The van der Waals surface area contributed by atoms with Gasteiger partial charge in [0.15, 0.2) is 0 Å². The Morgan fingerprint density at radius 1 is 1.21 bits per heavy atom. The first-order chi connectivity index (χ1) is 13.8. The average molecular weight is 427 g/mol. The highest BCUT2D eigenvalue weighted by Gasteiger charge is 2.32. The number of carbonyl (C=O) groups is 1. The van der Waals surface area contributed by atoms with Crippen LogP contribution in [0.1, 0.15) is 24.0 Å². The zero-order valence-electron chi connectivity index (χ0n) is 15.9. The van der Waals surface area contributed by atoms with Gasteiger partial charge in [0.1, 0.15) is 5.75 Å². The second kappa shape index (κ2) is 9.05. The summed E-state index contributed by atoms with van der Waals surface area (Å²) in [5.74, 6) is 0.240.